The van der Waals surface area contributed by atoms with Gasteiger partial charge in [-0.15, -0.1) is 0 Å². The number of hydrogen-bond donors (Lipinski definition) is 3. The van der Waals surface area contributed by atoms with Crippen molar-refractivity contribution in [2.75, 3.05) is 38.6 Å². The lowest BCUT2D eigenvalue weighted by Gasteiger charge is -2.19. The molecule has 2 aliphatic heterocycles. The molecule has 0 saturated carbocycles. The third-order valence-electron chi connectivity index (χ3n) is 9.93. The highest BCUT2D eigenvalue weighted by atomic mass is 16.5. The number of nitrogens with one attached hydrogen (secondary N) is 1. The highest BCUT2D eigenvalue weighted by molar-refractivity contribution is 6.04. The molecule has 0 spiro atoms. The molecule has 4 aromatic rings. The van der Waals surface area contributed by atoms with Crippen molar-refractivity contribution in [3.8, 4) is 22.9 Å². The Balaban J connectivity index is 1.18. The fraction of sp³-hybridized carbons (Fsp3) is 0.317. The number of hydrogen-bond acceptors (Lipinski definition) is 8. The first-order chi connectivity index (χ1) is 24.6. The van der Waals surface area contributed by atoms with Gasteiger partial charge in [-0.3, -0.25) is 24.4 Å². The monoisotopic (exact) mass is 685 g/mol. The molecular formula is C41H43N5O5. The van der Waals surface area contributed by atoms with Crippen LogP contribution < -0.4 is 10.1 Å². The number of carbonyl (C=O) groups excluding carboxylic acids is 1. The van der Waals surface area contributed by atoms with E-state index in [1.807, 2.05) is 49.4 Å². The molecule has 10 nitrogen and oxygen atoms in total. The lowest BCUT2D eigenvalue weighted by molar-refractivity contribution is -0.141. The predicted molar refractivity (Wildman–Crippen MR) is 197 cm³/mol. The van der Waals surface area contributed by atoms with Crippen molar-refractivity contribution in [3.63, 3.8) is 0 Å². The standard InChI is InChI=1S/C41H43N5O5/c1-26-18-32(24-46-16-14-31(23-46)41(49)50)39(51-3)19-30(26)12-11-29-6-4-7-34(27(29)2)35-8-5-9-37(36(35)20-42)44-40(48)38-13-10-28(21-43-38)22-45-17-15-33(47)25-45/h4-13,18-19,21,31,33,47H,14-17,22-25H2,1-3H3,(H,44,48)(H,49,50)/b12-11+/t31-,33-/m1/s1. The molecular weight excluding hydrogens is 642 g/mol. The quantitative estimate of drug-likeness (QED) is 0.159. The molecule has 0 radical (unpaired) electrons. The minimum absolute atomic E-state index is 0.251. The van der Waals surface area contributed by atoms with E-state index in [0.717, 1.165) is 64.2 Å². The fourth-order valence-corrected chi connectivity index (χ4v) is 7.03. The second-order valence-corrected chi connectivity index (χ2v) is 13.5. The number of benzene rings is 3. The molecule has 262 valence electrons. The van der Waals surface area contributed by atoms with Gasteiger partial charge in [-0.05, 0) is 84.8 Å². The number of pyridine rings is 1. The number of amides is 1. The van der Waals surface area contributed by atoms with Crippen LogP contribution in [-0.4, -0.2) is 76.3 Å². The summed E-state index contributed by atoms with van der Waals surface area (Å²) in [5, 5.41) is 32.4. The number of ether oxygens (including phenoxy) is 1. The summed E-state index contributed by atoms with van der Waals surface area (Å²) in [5.41, 5.74) is 8.67. The summed E-state index contributed by atoms with van der Waals surface area (Å²) in [4.78, 5) is 33.3. The van der Waals surface area contributed by atoms with Gasteiger partial charge in [-0.25, -0.2) is 0 Å². The predicted octanol–water partition coefficient (Wildman–Crippen LogP) is 6.14. The Labute approximate surface area is 298 Å². The molecule has 1 aromatic heterocycles. The average Bonchev–Trinajstić information content (AvgIpc) is 3.77. The first kappa shape index (κ1) is 35.5. The molecule has 0 aliphatic carbocycles. The van der Waals surface area contributed by atoms with Crippen LogP contribution in [0.15, 0.2) is 66.9 Å². The third kappa shape index (κ3) is 8.18. The molecule has 3 N–H and O–H groups in total. The van der Waals surface area contributed by atoms with Crippen LogP contribution in [0, 0.1) is 31.1 Å². The first-order valence-electron chi connectivity index (χ1n) is 17.2. The number of carboxylic acid groups (broad SMARTS) is 1. The van der Waals surface area contributed by atoms with Gasteiger partial charge in [0.05, 0.1) is 30.4 Å². The van der Waals surface area contributed by atoms with E-state index in [1.54, 1.807) is 25.4 Å². The summed E-state index contributed by atoms with van der Waals surface area (Å²) in [6.07, 6.45) is 6.91. The number of aliphatic hydroxyl groups excluding tert-OH is 1. The van der Waals surface area contributed by atoms with Crippen molar-refractivity contribution in [2.24, 2.45) is 5.92 Å². The minimum atomic E-state index is -0.741. The SMILES string of the molecule is COc1cc(/C=C/c2cccc(-c3cccc(NC(=O)c4ccc(CN5CC[C@@H](O)C5)cn4)c3C#N)c2C)c(C)cc1CN1CC[C@@H](C(=O)O)C1. The molecule has 10 heteroatoms. The molecule has 1 amide bonds. The Kier molecular flexibility index (Phi) is 10.9. The van der Waals surface area contributed by atoms with Gasteiger partial charge < -0.3 is 20.3 Å². The molecule has 51 heavy (non-hydrogen) atoms. The maximum Gasteiger partial charge on any atom is 0.307 e. The average molecular weight is 686 g/mol. The van der Waals surface area contributed by atoms with Crippen molar-refractivity contribution in [2.45, 2.75) is 45.9 Å². The van der Waals surface area contributed by atoms with Gasteiger partial charge in [0.25, 0.3) is 5.91 Å². The van der Waals surface area contributed by atoms with E-state index >= 15 is 0 Å². The number of likely N-dealkylation sites (tertiary alicyclic amines) is 2. The number of β-amino-alcohol motifs (C(OH)–C–C–N with tert-alkyl or cyclic N) is 1. The number of carbonyl (C=O) groups is 2. The molecule has 2 atom stereocenters. The summed E-state index contributed by atoms with van der Waals surface area (Å²) in [5.74, 6) is -0.709. The normalized spacial score (nSPS) is 17.9. The zero-order valence-corrected chi connectivity index (χ0v) is 29.2. The third-order valence-corrected chi connectivity index (χ3v) is 9.93. The molecule has 2 fully saturated rings. The number of carboxylic acids is 1. The van der Waals surface area contributed by atoms with E-state index in [0.29, 0.717) is 49.4 Å². The van der Waals surface area contributed by atoms with Crippen LogP contribution in [0.5, 0.6) is 5.75 Å². The van der Waals surface area contributed by atoms with E-state index in [-0.39, 0.29) is 17.7 Å². The summed E-state index contributed by atoms with van der Waals surface area (Å²) in [6, 6.07) is 21.4. The maximum atomic E-state index is 13.2. The Morgan fingerprint density at radius 3 is 2.41 bits per heavy atom. The molecule has 2 saturated heterocycles. The van der Waals surface area contributed by atoms with E-state index in [2.05, 4.69) is 51.3 Å². The highest BCUT2D eigenvalue weighted by Gasteiger charge is 2.28. The van der Waals surface area contributed by atoms with Gasteiger partial charge in [-0.2, -0.15) is 5.26 Å². The largest absolute Gasteiger partial charge is 0.496 e. The van der Waals surface area contributed by atoms with Crippen LogP contribution >= 0.6 is 0 Å². The van der Waals surface area contributed by atoms with Crippen LogP contribution in [0.1, 0.15) is 62.3 Å². The number of rotatable bonds is 11. The van der Waals surface area contributed by atoms with Crippen molar-refractivity contribution in [1.29, 1.82) is 5.26 Å². The van der Waals surface area contributed by atoms with Gasteiger partial charge >= 0.3 is 5.97 Å². The number of anilines is 1. The van der Waals surface area contributed by atoms with E-state index in [9.17, 15) is 25.1 Å². The zero-order chi connectivity index (χ0) is 36.1. The summed E-state index contributed by atoms with van der Waals surface area (Å²) in [6.45, 7) is 8.12. The Hall–Kier alpha value is -5.34. The number of aromatic nitrogens is 1. The van der Waals surface area contributed by atoms with Gasteiger partial charge in [0.15, 0.2) is 0 Å². The van der Waals surface area contributed by atoms with Crippen molar-refractivity contribution in [3.05, 3.63) is 111 Å². The van der Waals surface area contributed by atoms with Gasteiger partial charge in [0, 0.05) is 50.0 Å². The summed E-state index contributed by atoms with van der Waals surface area (Å²) in [7, 11) is 1.65. The van der Waals surface area contributed by atoms with Crippen LogP contribution in [0.25, 0.3) is 23.3 Å². The van der Waals surface area contributed by atoms with E-state index in [4.69, 9.17) is 4.74 Å². The molecule has 0 bridgehead atoms. The molecule has 6 rings (SSSR count). The number of methoxy groups -OCH3 is 1. The van der Waals surface area contributed by atoms with Crippen molar-refractivity contribution >= 4 is 29.7 Å². The maximum absolute atomic E-state index is 13.2. The molecule has 3 aromatic carbocycles. The lowest BCUT2D eigenvalue weighted by Crippen LogP contribution is -2.23. The van der Waals surface area contributed by atoms with Crippen molar-refractivity contribution in [1.82, 2.24) is 14.8 Å². The second kappa shape index (κ2) is 15.7. The topological polar surface area (TPSA) is 139 Å². The van der Waals surface area contributed by atoms with Gasteiger partial charge in [0.2, 0.25) is 0 Å². The van der Waals surface area contributed by atoms with Crippen LogP contribution in [0.3, 0.4) is 0 Å². The minimum Gasteiger partial charge on any atom is -0.496 e. The molecule has 2 aliphatic rings. The fourth-order valence-electron chi connectivity index (χ4n) is 7.03. The zero-order valence-electron chi connectivity index (χ0n) is 29.2. The van der Waals surface area contributed by atoms with Crippen molar-refractivity contribution < 1.29 is 24.5 Å². The molecule has 0 unspecified atom stereocenters. The molecule has 3 heterocycles. The van der Waals surface area contributed by atoms with Gasteiger partial charge in [-0.1, -0.05) is 54.6 Å². The number of nitriles is 1. The van der Waals surface area contributed by atoms with Crippen LogP contribution in [0.2, 0.25) is 0 Å². The number of aliphatic carboxylic acids is 1. The number of aliphatic hydroxyl groups is 1. The Morgan fingerprint density at radius 2 is 1.73 bits per heavy atom. The van der Waals surface area contributed by atoms with Crippen LogP contribution in [0.4, 0.5) is 5.69 Å². The first-order valence-corrected chi connectivity index (χ1v) is 17.2. The number of nitrogens with zero attached hydrogens (tertiary/aromatic N) is 4. The van der Waals surface area contributed by atoms with Gasteiger partial charge in [0.1, 0.15) is 17.5 Å². The smallest absolute Gasteiger partial charge is 0.307 e. The van der Waals surface area contributed by atoms with Crippen LogP contribution in [-0.2, 0) is 17.9 Å². The highest BCUT2D eigenvalue weighted by Crippen LogP contribution is 2.34. The lowest BCUT2D eigenvalue weighted by atomic mass is 9.92. The summed E-state index contributed by atoms with van der Waals surface area (Å²) < 4.78 is 5.75. The summed E-state index contributed by atoms with van der Waals surface area (Å²) >= 11 is 0. The van der Waals surface area contributed by atoms with E-state index < -0.39 is 11.9 Å². The van der Waals surface area contributed by atoms with E-state index in [1.165, 1.54) is 0 Å². The number of aryl methyl sites for hydroxylation is 1. The second-order valence-electron chi connectivity index (χ2n) is 13.5. The Bertz CT molecular complexity index is 2000. The Morgan fingerprint density at radius 1 is 0.980 bits per heavy atom.